The number of esters is 1. The van der Waals surface area contributed by atoms with Crippen molar-refractivity contribution < 1.29 is 23.1 Å². The highest BCUT2D eigenvalue weighted by atomic mass is 19.1. The van der Waals surface area contributed by atoms with Crippen molar-refractivity contribution in [1.82, 2.24) is 5.32 Å². The average Bonchev–Trinajstić information content (AvgIpc) is 2.50. The van der Waals surface area contributed by atoms with Gasteiger partial charge >= 0.3 is 5.97 Å². The van der Waals surface area contributed by atoms with Gasteiger partial charge in [-0.3, -0.25) is 4.79 Å². The van der Waals surface area contributed by atoms with Gasteiger partial charge in [-0.1, -0.05) is 29.8 Å². The lowest BCUT2D eigenvalue weighted by molar-refractivity contribution is -0.124. The summed E-state index contributed by atoms with van der Waals surface area (Å²) in [4.78, 5) is 23.3. The summed E-state index contributed by atoms with van der Waals surface area (Å²) < 4.78 is 30.9. The Bertz CT molecular complexity index is 732. The molecule has 23 heavy (non-hydrogen) atoms. The van der Waals surface area contributed by atoms with Crippen LogP contribution in [0.1, 0.15) is 21.5 Å². The molecule has 0 fully saturated rings. The maximum atomic E-state index is 13.4. The SMILES string of the molecule is Cc1cccc(CNC(=O)COC(=O)c2ccc(F)cc2F)c1. The summed E-state index contributed by atoms with van der Waals surface area (Å²) in [5.74, 6) is -3.36. The maximum absolute atomic E-state index is 13.4. The number of hydrogen-bond acceptors (Lipinski definition) is 3. The molecule has 0 spiro atoms. The van der Waals surface area contributed by atoms with Crippen LogP contribution in [0.2, 0.25) is 0 Å². The molecule has 120 valence electrons. The largest absolute Gasteiger partial charge is 0.452 e. The third kappa shape index (κ3) is 4.88. The number of rotatable bonds is 5. The smallest absolute Gasteiger partial charge is 0.341 e. The highest BCUT2D eigenvalue weighted by molar-refractivity contribution is 5.91. The molecule has 0 unspecified atom stereocenters. The van der Waals surface area contributed by atoms with Gasteiger partial charge < -0.3 is 10.1 Å². The number of amides is 1. The van der Waals surface area contributed by atoms with Gasteiger partial charge in [0.2, 0.25) is 0 Å². The standard InChI is InChI=1S/C17H15F2NO3/c1-11-3-2-4-12(7-11)9-20-16(21)10-23-17(22)14-6-5-13(18)8-15(14)19/h2-8H,9-10H2,1H3,(H,20,21). The summed E-state index contributed by atoms with van der Waals surface area (Å²) in [5, 5.41) is 2.59. The van der Waals surface area contributed by atoms with Crippen LogP contribution in [0.5, 0.6) is 0 Å². The fourth-order valence-electron chi connectivity index (χ4n) is 1.94. The Labute approximate surface area is 132 Å². The van der Waals surface area contributed by atoms with Crippen LogP contribution in [-0.4, -0.2) is 18.5 Å². The van der Waals surface area contributed by atoms with Gasteiger partial charge in [0, 0.05) is 12.6 Å². The van der Waals surface area contributed by atoms with Gasteiger partial charge in [0.25, 0.3) is 5.91 Å². The molecule has 0 heterocycles. The molecular formula is C17H15F2NO3. The lowest BCUT2D eigenvalue weighted by atomic mass is 10.1. The first-order valence-corrected chi connectivity index (χ1v) is 6.90. The quantitative estimate of drug-likeness (QED) is 0.862. The highest BCUT2D eigenvalue weighted by Crippen LogP contribution is 2.10. The van der Waals surface area contributed by atoms with Crippen LogP contribution >= 0.6 is 0 Å². The molecule has 0 aromatic heterocycles. The Morgan fingerprint density at radius 2 is 1.91 bits per heavy atom. The zero-order valence-corrected chi connectivity index (χ0v) is 12.4. The van der Waals surface area contributed by atoms with Crippen molar-refractivity contribution in [3.63, 3.8) is 0 Å². The Hall–Kier alpha value is -2.76. The van der Waals surface area contributed by atoms with Gasteiger partial charge in [0.15, 0.2) is 6.61 Å². The molecule has 0 saturated heterocycles. The molecule has 0 aliphatic heterocycles. The van der Waals surface area contributed by atoms with E-state index >= 15 is 0 Å². The minimum atomic E-state index is -1.03. The van der Waals surface area contributed by atoms with E-state index in [1.807, 2.05) is 31.2 Å². The van der Waals surface area contributed by atoms with Crippen LogP contribution in [0.25, 0.3) is 0 Å². The Morgan fingerprint density at radius 3 is 2.61 bits per heavy atom. The number of nitrogens with one attached hydrogen (secondary N) is 1. The first kappa shape index (κ1) is 16.6. The van der Waals surface area contributed by atoms with E-state index in [-0.39, 0.29) is 0 Å². The van der Waals surface area contributed by atoms with E-state index in [1.54, 1.807) is 0 Å². The molecule has 2 aromatic rings. The van der Waals surface area contributed by atoms with Crippen LogP contribution in [0.15, 0.2) is 42.5 Å². The van der Waals surface area contributed by atoms with Crippen molar-refractivity contribution in [2.75, 3.05) is 6.61 Å². The molecule has 2 aromatic carbocycles. The van der Waals surface area contributed by atoms with Gasteiger partial charge in [-0.25, -0.2) is 13.6 Å². The average molecular weight is 319 g/mol. The topological polar surface area (TPSA) is 55.4 Å². The van der Waals surface area contributed by atoms with E-state index in [0.717, 1.165) is 23.3 Å². The minimum Gasteiger partial charge on any atom is -0.452 e. The van der Waals surface area contributed by atoms with E-state index in [2.05, 4.69) is 5.32 Å². The van der Waals surface area contributed by atoms with Gasteiger partial charge in [-0.2, -0.15) is 0 Å². The number of carbonyl (C=O) groups is 2. The fraction of sp³-hybridized carbons (Fsp3) is 0.176. The molecule has 2 rings (SSSR count). The molecule has 0 aliphatic rings. The molecule has 0 atom stereocenters. The number of aryl methyl sites for hydroxylation is 1. The maximum Gasteiger partial charge on any atom is 0.341 e. The molecule has 0 aliphatic carbocycles. The first-order chi connectivity index (χ1) is 11.0. The van der Waals surface area contributed by atoms with Crippen LogP contribution in [-0.2, 0) is 16.1 Å². The number of benzene rings is 2. The second-order valence-corrected chi connectivity index (χ2v) is 4.97. The van der Waals surface area contributed by atoms with Crippen molar-refractivity contribution in [2.24, 2.45) is 0 Å². The molecular weight excluding hydrogens is 304 g/mol. The van der Waals surface area contributed by atoms with Crippen LogP contribution in [0.3, 0.4) is 0 Å². The predicted molar refractivity (Wildman–Crippen MR) is 79.7 cm³/mol. The van der Waals surface area contributed by atoms with Crippen LogP contribution in [0, 0.1) is 18.6 Å². The van der Waals surface area contributed by atoms with E-state index in [4.69, 9.17) is 4.74 Å². The molecule has 0 saturated carbocycles. The third-order valence-electron chi connectivity index (χ3n) is 3.06. The van der Waals surface area contributed by atoms with E-state index in [9.17, 15) is 18.4 Å². The van der Waals surface area contributed by atoms with Crippen molar-refractivity contribution in [2.45, 2.75) is 13.5 Å². The molecule has 0 bridgehead atoms. The Balaban J connectivity index is 1.83. The van der Waals surface area contributed by atoms with Gasteiger partial charge in [-0.05, 0) is 24.6 Å². The number of carbonyl (C=O) groups excluding carboxylic acids is 2. The second kappa shape index (κ2) is 7.49. The Morgan fingerprint density at radius 1 is 1.13 bits per heavy atom. The lowest BCUT2D eigenvalue weighted by Crippen LogP contribution is -2.28. The molecule has 6 heteroatoms. The summed E-state index contributed by atoms with van der Waals surface area (Å²) >= 11 is 0. The second-order valence-electron chi connectivity index (χ2n) is 4.97. The monoisotopic (exact) mass is 319 g/mol. The van der Waals surface area contributed by atoms with Crippen molar-refractivity contribution in [1.29, 1.82) is 0 Å². The van der Waals surface area contributed by atoms with Crippen molar-refractivity contribution in [3.8, 4) is 0 Å². The highest BCUT2D eigenvalue weighted by Gasteiger charge is 2.15. The molecule has 1 amide bonds. The van der Waals surface area contributed by atoms with Crippen LogP contribution < -0.4 is 5.32 Å². The van der Waals surface area contributed by atoms with Crippen LogP contribution in [0.4, 0.5) is 8.78 Å². The molecule has 4 nitrogen and oxygen atoms in total. The minimum absolute atomic E-state index is 0.295. The van der Waals surface area contributed by atoms with E-state index < -0.39 is 35.7 Å². The molecule has 0 radical (unpaired) electrons. The van der Waals surface area contributed by atoms with E-state index in [1.165, 1.54) is 0 Å². The van der Waals surface area contributed by atoms with Gasteiger partial charge in [0.05, 0.1) is 5.56 Å². The van der Waals surface area contributed by atoms with E-state index in [0.29, 0.717) is 12.6 Å². The lowest BCUT2D eigenvalue weighted by Gasteiger charge is -2.08. The van der Waals surface area contributed by atoms with Crippen molar-refractivity contribution >= 4 is 11.9 Å². The normalized spacial score (nSPS) is 10.2. The molecule has 1 N–H and O–H groups in total. The van der Waals surface area contributed by atoms with Gasteiger partial charge in [0.1, 0.15) is 11.6 Å². The summed E-state index contributed by atoms with van der Waals surface area (Å²) in [5.41, 5.74) is 1.56. The number of halogens is 2. The number of ether oxygens (including phenoxy) is 1. The fourth-order valence-corrected chi connectivity index (χ4v) is 1.94. The first-order valence-electron chi connectivity index (χ1n) is 6.90. The predicted octanol–water partition coefficient (Wildman–Crippen LogP) is 2.75. The van der Waals surface area contributed by atoms with Gasteiger partial charge in [-0.15, -0.1) is 0 Å². The third-order valence-corrected chi connectivity index (χ3v) is 3.06. The summed E-state index contributed by atoms with van der Waals surface area (Å²) in [6.07, 6.45) is 0. The zero-order valence-electron chi connectivity index (χ0n) is 12.4. The summed E-state index contributed by atoms with van der Waals surface area (Å²) in [6.45, 7) is 1.69. The zero-order chi connectivity index (χ0) is 16.8. The summed E-state index contributed by atoms with van der Waals surface area (Å²) in [6, 6.07) is 10.1. The van der Waals surface area contributed by atoms with Crippen molar-refractivity contribution in [3.05, 3.63) is 70.8 Å². The number of hydrogen-bond donors (Lipinski definition) is 1. The Kier molecular flexibility index (Phi) is 5.41. The summed E-state index contributed by atoms with van der Waals surface area (Å²) in [7, 11) is 0.